The van der Waals surface area contributed by atoms with E-state index in [4.69, 9.17) is 0 Å². The number of hydrogen-bond acceptors (Lipinski definition) is 5. The van der Waals surface area contributed by atoms with E-state index in [0.29, 0.717) is 11.6 Å². The van der Waals surface area contributed by atoms with Crippen molar-refractivity contribution >= 4 is 17.2 Å². The van der Waals surface area contributed by atoms with Crippen LogP contribution in [0.5, 0.6) is 0 Å². The molecule has 0 aliphatic carbocycles. The number of carbonyl (C=O) groups excluding carboxylic acids is 1. The maximum Gasteiger partial charge on any atom is 0.282 e. The number of aryl methyl sites for hydroxylation is 2. The van der Waals surface area contributed by atoms with Crippen LogP contribution < -0.4 is 5.32 Å². The predicted molar refractivity (Wildman–Crippen MR) is 63.9 cm³/mol. The van der Waals surface area contributed by atoms with Gasteiger partial charge in [-0.05, 0) is 13.0 Å². The summed E-state index contributed by atoms with van der Waals surface area (Å²) in [5.74, 6) is -0.169. The zero-order valence-corrected chi connectivity index (χ0v) is 10.5. The van der Waals surface area contributed by atoms with Crippen LogP contribution in [-0.2, 0) is 13.5 Å². The van der Waals surface area contributed by atoms with Gasteiger partial charge in [-0.2, -0.15) is 5.10 Å². The van der Waals surface area contributed by atoms with Gasteiger partial charge in [-0.15, -0.1) is 10.2 Å². The molecule has 1 amide bonds. The van der Waals surface area contributed by atoms with Gasteiger partial charge in [0.05, 0.1) is 0 Å². The Bertz CT molecular complexity index is 518. The molecular formula is C10H13N5OS. The lowest BCUT2D eigenvalue weighted by molar-refractivity contribution is 0.0953. The van der Waals surface area contributed by atoms with Gasteiger partial charge in [0.1, 0.15) is 5.01 Å². The number of aromatic nitrogens is 4. The van der Waals surface area contributed by atoms with Crippen LogP contribution in [0.2, 0.25) is 0 Å². The minimum atomic E-state index is -0.169. The van der Waals surface area contributed by atoms with Crippen molar-refractivity contribution in [1.29, 1.82) is 0 Å². The summed E-state index contributed by atoms with van der Waals surface area (Å²) < 4.78 is 1.79. The summed E-state index contributed by atoms with van der Waals surface area (Å²) >= 11 is 1.30. The van der Waals surface area contributed by atoms with Gasteiger partial charge in [-0.25, -0.2) is 0 Å². The van der Waals surface area contributed by atoms with Crippen molar-refractivity contribution in [2.75, 3.05) is 6.54 Å². The van der Waals surface area contributed by atoms with Crippen LogP contribution in [-0.4, -0.2) is 32.4 Å². The lowest BCUT2D eigenvalue weighted by Crippen LogP contribution is -2.26. The highest BCUT2D eigenvalue weighted by Crippen LogP contribution is 2.07. The summed E-state index contributed by atoms with van der Waals surface area (Å²) in [6.45, 7) is 2.39. The van der Waals surface area contributed by atoms with Crippen LogP contribution in [0.15, 0.2) is 12.3 Å². The molecule has 2 heterocycles. The fourth-order valence-electron chi connectivity index (χ4n) is 1.41. The lowest BCUT2D eigenvalue weighted by Gasteiger charge is -2.03. The third-order valence-corrected chi connectivity index (χ3v) is 3.15. The van der Waals surface area contributed by atoms with E-state index in [0.717, 1.165) is 17.1 Å². The Morgan fingerprint density at radius 1 is 1.53 bits per heavy atom. The number of nitrogens with zero attached hydrogens (tertiary/aromatic N) is 4. The van der Waals surface area contributed by atoms with Crippen molar-refractivity contribution in [3.63, 3.8) is 0 Å². The van der Waals surface area contributed by atoms with Crippen LogP contribution in [0.1, 0.15) is 20.5 Å². The topological polar surface area (TPSA) is 72.7 Å². The minimum Gasteiger partial charge on any atom is -0.350 e. The maximum atomic E-state index is 11.6. The van der Waals surface area contributed by atoms with E-state index in [2.05, 4.69) is 20.6 Å². The molecule has 6 nitrogen and oxygen atoms in total. The van der Waals surface area contributed by atoms with Crippen LogP contribution in [0, 0.1) is 6.92 Å². The molecule has 90 valence electrons. The average Bonchev–Trinajstić information content (AvgIpc) is 2.88. The standard InChI is InChI=1S/C10H13N5OS/c1-7-13-14-10(17-7)9(16)11-5-3-8-4-6-12-15(8)2/h4,6H,3,5H2,1-2H3,(H,11,16). The SMILES string of the molecule is Cc1nnc(C(=O)NCCc2ccnn2C)s1. The zero-order chi connectivity index (χ0) is 12.3. The first-order chi connectivity index (χ1) is 8.16. The smallest absolute Gasteiger partial charge is 0.282 e. The Morgan fingerprint density at radius 2 is 2.35 bits per heavy atom. The normalized spacial score (nSPS) is 10.5. The highest BCUT2D eigenvalue weighted by Gasteiger charge is 2.10. The lowest BCUT2D eigenvalue weighted by atomic mass is 10.3. The van der Waals surface area contributed by atoms with Crippen LogP contribution >= 0.6 is 11.3 Å². The van der Waals surface area contributed by atoms with Crippen LogP contribution in [0.3, 0.4) is 0 Å². The van der Waals surface area contributed by atoms with E-state index in [1.165, 1.54) is 11.3 Å². The molecule has 1 N–H and O–H groups in total. The van der Waals surface area contributed by atoms with Gasteiger partial charge >= 0.3 is 0 Å². The van der Waals surface area contributed by atoms with E-state index < -0.39 is 0 Å². The van der Waals surface area contributed by atoms with Crippen LogP contribution in [0.4, 0.5) is 0 Å². The second kappa shape index (κ2) is 5.05. The molecule has 0 unspecified atom stereocenters. The van der Waals surface area contributed by atoms with Crippen molar-refractivity contribution in [3.05, 3.63) is 28.0 Å². The van der Waals surface area contributed by atoms with E-state index in [9.17, 15) is 4.79 Å². The largest absolute Gasteiger partial charge is 0.350 e. The molecule has 2 aromatic heterocycles. The highest BCUT2D eigenvalue weighted by molar-refractivity contribution is 7.13. The second-order valence-electron chi connectivity index (χ2n) is 3.58. The molecule has 0 spiro atoms. The molecule has 0 atom stereocenters. The van der Waals surface area contributed by atoms with Crippen molar-refractivity contribution < 1.29 is 4.79 Å². The third-order valence-electron chi connectivity index (χ3n) is 2.31. The minimum absolute atomic E-state index is 0.169. The van der Waals surface area contributed by atoms with Crippen molar-refractivity contribution in [2.45, 2.75) is 13.3 Å². The summed E-state index contributed by atoms with van der Waals surface area (Å²) in [5, 5.41) is 15.7. The highest BCUT2D eigenvalue weighted by atomic mass is 32.1. The van der Waals surface area contributed by atoms with E-state index in [1.807, 2.05) is 20.0 Å². The van der Waals surface area contributed by atoms with Gasteiger partial charge in [0.25, 0.3) is 5.91 Å². The molecule has 0 aliphatic heterocycles. The van der Waals surface area contributed by atoms with Gasteiger partial charge < -0.3 is 5.32 Å². The number of carbonyl (C=O) groups is 1. The monoisotopic (exact) mass is 251 g/mol. The van der Waals surface area contributed by atoms with Gasteiger partial charge in [-0.3, -0.25) is 9.48 Å². The predicted octanol–water partition coefficient (Wildman–Crippen LogP) is 0.553. The number of nitrogens with one attached hydrogen (secondary N) is 1. The number of amides is 1. The Kier molecular flexibility index (Phi) is 3.48. The first-order valence-corrected chi connectivity index (χ1v) is 6.03. The first kappa shape index (κ1) is 11.7. The summed E-state index contributed by atoms with van der Waals surface area (Å²) in [6.07, 6.45) is 2.49. The van der Waals surface area contributed by atoms with Crippen molar-refractivity contribution in [3.8, 4) is 0 Å². The first-order valence-electron chi connectivity index (χ1n) is 5.22. The molecule has 2 rings (SSSR count). The quantitative estimate of drug-likeness (QED) is 0.861. The van der Waals surface area contributed by atoms with Gasteiger partial charge in [0.2, 0.25) is 5.01 Å². The van der Waals surface area contributed by atoms with Crippen LogP contribution in [0.25, 0.3) is 0 Å². The summed E-state index contributed by atoms with van der Waals surface area (Å²) in [5.41, 5.74) is 1.08. The fourth-order valence-corrected chi connectivity index (χ4v) is 2.02. The van der Waals surface area contributed by atoms with Crippen molar-refractivity contribution in [2.24, 2.45) is 7.05 Å². The number of rotatable bonds is 4. The van der Waals surface area contributed by atoms with Gasteiger partial charge in [-0.1, -0.05) is 11.3 Å². The molecule has 0 bridgehead atoms. The molecule has 7 heteroatoms. The molecule has 0 aliphatic rings. The Hall–Kier alpha value is -1.76. The Labute approximate surface area is 103 Å². The average molecular weight is 251 g/mol. The Morgan fingerprint density at radius 3 is 2.94 bits per heavy atom. The molecular weight excluding hydrogens is 238 g/mol. The molecule has 17 heavy (non-hydrogen) atoms. The molecule has 2 aromatic rings. The summed E-state index contributed by atoms with van der Waals surface area (Å²) in [6, 6.07) is 1.93. The molecule has 0 radical (unpaired) electrons. The molecule has 0 aromatic carbocycles. The van der Waals surface area contributed by atoms with Gasteiger partial charge in [0, 0.05) is 31.9 Å². The molecule has 0 fully saturated rings. The van der Waals surface area contributed by atoms with Gasteiger partial charge in [0.15, 0.2) is 0 Å². The zero-order valence-electron chi connectivity index (χ0n) is 9.67. The fraction of sp³-hybridized carbons (Fsp3) is 0.400. The third kappa shape index (κ3) is 2.88. The Balaban J connectivity index is 1.83. The van der Waals surface area contributed by atoms with Crippen molar-refractivity contribution in [1.82, 2.24) is 25.3 Å². The maximum absolute atomic E-state index is 11.6. The summed E-state index contributed by atoms with van der Waals surface area (Å²) in [4.78, 5) is 11.6. The molecule has 0 saturated carbocycles. The van der Waals surface area contributed by atoms with E-state index in [-0.39, 0.29) is 5.91 Å². The summed E-state index contributed by atoms with van der Waals surface area (Å²) in [7, 11) is 1.88. The number of hydrogen-bond donors (Lipinski definition) is 1. The molecule has 0 saturated heterocycles. The van der Waals surface area contributed by atoms with E-state index >= 15 is 0 Å². The van der Waals surface area contributed by atoms with E-state index in [1.54, 1.807) is 10.9 Å². The second-order valence-corrected chi connectivity index (χ2v) is 4.76.